The van der Waals surface area contributed by atoms with Crippen molar-refractivity contribution in [1.29, 1.82) is 0 Å². The molecule has 1 unspecified atom stereocenters. The molecule has 0 radical (unpaired) electrons. The molecule has 0 amide bonds. The second-order valence-electron chi connectivity index (χ2n) is 3.17. The Labute approximate surface area is 77.3 Å². The van der Waals surface area contributed by atoms with Crippen molar-refractivity contribution in [3.63, 3.8) is 0 Å². The molecule has 64 valence electrons. The smallest absolute Gasteiger partial charge is 0.0194 e. The Morgan fingerprint density at radius 1 is 1.00 bits per heavy atom. The van der Waals surface area contributed by atoms with Crippen LogP contribution in [0, 0.1) is 0 Å². The van der Waals surface area contributed by atoms with E-state index in [4.69, 9.17) is 0 Å². The summed E-state index contributed by atoms with van der Waals surface area (Å²) in [6, 6.07) is 0.931. The van der Waals surface area contributed by atoms with E-state index in [0.717, 1.165) is 6.04 Å². The van der Waals surface area contributed by atoms with Gasteiger partial charge >= 0.3 is 0 Å². The molecule has 2 fully saturated rings. The Balaban J connectivity index is 1.82. The Morgan fingerprint density at radius 3 is 2.45 bits per heavy atom. The van der Waals surface area contributed by atoms with Gasteiger partial charge in [-0.05, 0) is 12.2 Å². The fraction of sp³-hybridized carbons (Fsp3) is 1.00. The van der Waals surface area contributed by atoms with Crippen LogP contribution in [0.15, 0.2) is 0 Å². The van der Waals surface area contributed by atoms with E-state index in [9.17, 15) is 0 Å². The van der Waals surface area contributed by atoms with E-state index in [1.165, 1.54) is 42.5 Å². The Kier molecular flexibility index (Phi) is 3.05. The molecule has 3 heteroatoms. The second-order valence-corrected chi connectivity index (χ2v) is 5.54. The molecular formula is C8H15NS2. The van der Waals surface area contributed by atoms with Crippen molar-refractivity contribution in [2.75, 3.05) is 36.1 Å². The summed E-state index contributed by atoms with van der Waals surface area (Å²) < 4.78 is 0. The van der Waals surface area contributed by atoms with E-state index in [1.807, 2.05) is 0 Å². The monoisotopic (exact) mass is 189 g/mol. The molecule has 0 bridgehead atoms. The van der Waals surface area contributed by atoms with Crippen LogP contribution in [0.2, 0.25) is 0 Å². The highest BCUT2D eigenvalue weighted by molar-refractivity contribution is 7.99. The molecule has 2 aliphatic heterocycles. The minimum atomic E-state index is 0.931. The van der Waals surface area contributed by atoms with Crippen LogP contribution in [0.1, 0.15) is 6.42 Å². The van der Waals surface area contributed by atoms with Crippen molar-refractivity contribution in [3.8, 4) is 0 Å². The largest absolute Gasteiger partial charge is 0.298 e. The van der Waals surface area contributed by atoms with Crippen LogP contribution in [0.25, 0.3) is 0 Å². The molecule has 1 nitrogen and oxygen atoms in total. The lowest BCUT2D eigenvalue weighted by molar-refractivity contribution is 0.235. The minimum Gasteiger partial charge on any atom is -0.298 e. The van der Waals surface area contributed by atoms with Gasteiger partial charge in [-0.25, -0.2) is 0 Å². The fourth-order valence-corrected chi connectivity index (χ4v) is 3.94. The lowest BCUT2D eigenvalue weighted by Crippen LogP contribution is -2.41. The van der Waals surface area contributed by atoms with Crippen molar-refractivity contribution < 1.29 is 0 Å². The van der Waals surface area contributed by atoms with Crippen LogP contribution in [-0.4, -0.2) is 47.0 Å². The summed E-state index contributed by atoms with van der Waals surface area (Å²) in [5.41, 5.74) is 0. The van der Waals surface area contributed by atoms with Crippen LogP contribution >= 0.6 is 23.5 Å². The predicted octanol–water partition coefficient (Wildman–Crippen LogP) is 1.54. The van der Waals surface area contributed by atoms with Crippen molar-refractivity contribution in [2.24, 2.45) is 0 Å². The first-order valence-electron chi connectivity index (χ1n) is 4.36. The topological polar surface area (TPSA) is 3.24 Å². The van der Waals surface area contributed by atoms with Gasteiger partial charge in [0.25, 0.3) is 0 Å². The van der Waals surface area contributed by atoms with Crippen molar-refractivity contribution in [3.05, 3.63) is 0 Å². The molecule has 0 aromatic rings. The van der Waals surface area contributed by atoms with Gasteiger partial charge in [0.15, 0.2) is 0 Å². The number of rotatable bonds is 1. The van der Waals surface area contributed by atoms with Crippen molar-refractivity contribution in [2.45, 2.75) is 12.5 Å². The van der Waals surface area contributed by atoms with Gasteiger partial charge in [-0.1, -0.05) is 0 Å². The number of hydrogen-bond donors (Lipinski definition) is 0. The third-order valence-electron chi connectivity index (χ3n) is 2.47. The van der Waals surface area contributed by atoms with Crippen molar-refractivity contribution >= 4 is 23.5 Å². The highest BCUT2D eigenvalue weighted by atomic mass is 32.2. The van der Waals surface area contributed by atoms with E-state index in [2.05, 4.69) is 28.4 Å². The zero-order valence-electron chi connectivity index (χ0n) is 6.79. The molecule has 2 heterocycles. The van der Waals surface area contributed by atoms with Gasteiger partial charge in [-0.2, -0.15) is 23.5 Å². The van der Waals surface area contributed by atoms with E-state index < -0.39 is 0 Å². The minimum absolute atomic E-state index is 0.931. The number of thioether (sulfide) groups is 2. The molecule has 2 saturated heterocycles. The third kappa shape index (κ3) is 2.07. The first-order chi connectivity index (χ1) is 5.47. The Bertz CT molecular complexity index is 117. The van der Waals surface area contributed by atoms with Crippen LogP contribution in [0.5, 0.6) is 0 Å². The zero-order valence-corrected chi connectivity index (χ0v) is 8.42. The predicted molar refractivity (Wildman–Crippen MR) is 54.6 cm³/mol. The molecule has 0 N–H and O–H groups in total. The Morgan fingerprint density at radius 2 is 1.82 bits per heavy atom. The summed E-state index contributed by atoms with van der Waals surface area (Å²) in [6.07, 6.45) is 1.44. The highest BCUT2D eigenvalue weighted by Crippen LogP contribution is 2.24. The lowest BCUT2D eigenvalue weighted by atomic mass is 10.2. The summed E-state index contributed by atoms with van der Waals surface area (Å²) in [5.74, 6) is 5.52. The molecule has 0 saturated carbocycles. The summed E-state index contributed by atoms with van der Waals surface area (Å²) in [4.78, 5) is 2.69. The lowest BCUT2D eigenvalue weighted by Gasteiger charge is -2.31. The van der Waals surface area contributed by atoms with Crippen molar-refractivity contribution in [1.82, 2.24) is 4.90 Å². The molecule has 1 atom stereocenters. The summed E-state index contributed by atoms with van der Waals surface area (Å²) in [6.45, 7) is 2.69. The fourth-order valence-electron chi connectivity index (χ4n) is 1.75. The molecule has 2 rings (SSSR count). The Hall–Kier alpha value is 0.660. The number of hydrogen-bond acceptors (Lipinski definition) is 3. The van der Waals surface area contributed by atoms with Crippen LogP contribution in [0.3, 0.4) is 0 Å². The molecule has 0 aromatic heterocycles. The van der Waals surface area contributed by atoms with E-state index in [1.54, 1.807) is 0 Å². The third-order valence-corrected chi connectivity index (χ3v) is 4.56. The van der Waals surface area contributed by atoms with E-state index >= 15 is 0 Å². The van der Waals surface area contributed by atoms with Gasteiger partial charge in [-0.15, -0.1) is 0 Å². The van der Waals surface area contributed by atoms with Gasteiger partial charge in [-0.3, -0.25) is 4.90 Å². The molecule has 2 aliphatic rings. The molecule has 0 aromatic carbocycles. The van der Waals surface area contributed by atoms with Gasteiger partial charge in [0, 0.05) is 36.4 Å². The molecule has 0 aliphatic carbocycles. The first-order valence-corrected chi connectivity index (χ1v) is 6.67. The summed E-state index contributed by atoms with van der Waals surface area (Å²) in [7, 11) is 0. The van der Waals surface area contributed by atoms with E-state index in [-0.39, 0.29) is 0 Å². The SMILES string of the molecule is C1CN(C2CCSC2)CCS1. The highest BCUT2D eigenvalue weighted by Gasteiger charge is 2.23. The summed E-state index contributed by atoms with van der Waals surface area (Å²) >= 11 is 4.24. The van der Waals surface area contributed by atoms with Crippen LogP contribution in [-0.2, 0) is 0 Å². The summed E-state index contributed by atoms with van der Waals surface area (Å²) in [5, 5.41) is 0. The van der Waals surface area contributed by atoms with Gasteiger partial charge in [0.2, 0.25) is 0 Å². The number of nitrogens with zero attached hydrogens (tertiary/aromatic N) is 1. The maximum atomic E-state index is 2.69. The standard InChI is InChI=1S/C8H15NS2/c1-4-11-7-8(1)9-2-5-10-6-3-9/h8H,1-7H2. The van der Waals surface area contributed by atoms with E-state index in [0.29, 0.717) is 0 Å². The maximum Gasteiger partial charge on any atom is 0.0194 e. The van der Waals surface area contributed by atoms with Gasteiger partial charge in [0.1, 0.15) is 0 Å². The normalized spacial score (nSPS) is 34.4. The molecule has 11 heavy (non-hydrogen) atoms. The zero-order chi connectivity index (χ0) is 7.52. The first kappa shape index (κ1) is 8.27. The average molecular weight is 189 g/mol. The van der Waals surface area contributed by atoms with Crippen LogP contribution in [0.4, 0.5) is 0 Å². The van der Waals surface area contributed by atoms with Gasteiger partial charge < -0.3 is 0 Å². The second kappa shape index (κ2) is 4.06. The quantitative estimate of drug-likeness (QED) is 0.616. The maximum absolute atomic E-state index is 2.69. The van der Waals surface area contributed by atoms with Gasteiger partial charge in [0.05, 0.1) is 0 Å². The molecule has 0 spiro atoms. The average Bonchev–Trinajstić information content (AvgIpc) is 2.58. The van der Waals surface area contributed by atoms with Crippen LogP contribution < -0.4 is 0 Å². The molecular weight excluding hydrogens is 174 g/mol.